The zero-order chi connectivity index (χ0) is 20.4. The second-order valence-electron chi connectivity index (χ2n) is 6.82. The van der Waals surface area contributed by atoms with Gasteiger partial charge in [0, 0.05) is 34.3 Å². The summed E-state index contributed by atoms with van der Waals surface area (Å²) >= 11 is 18.4. The Balaban J connectivity index is 1.73. The van der Waals surface area contributed by atoms with Gasteiger partial charge in [0.05, 0.1) is 5.02 Å². The molecule has 0 radical (unpaired) electrons. The maximum Gasteiger partial charge on any atom is 0.321 e. The molecule has 1 aromatic heterocycles. The molecule has 1 aliphatic rings. The van der Waals surface area contributed by atoms with Crippen LogP contribution in [-0.4, -0.2) is 29.0 Å². The number of amides is 1. The van der Waals surface area contributed by atoms with Crippen LogP contribution in [0.15, 0.2) is 46.9 Å². The van der Waals surface area contributed by atoms with E-state index in [-0.39, 0.29) is 5.89 Å². The van der Waals surface area contributed by atoms with Crippen LogP contribution in [0.1, 0.15) is 29.9 Å². The Kier molecular flexibility index (Phi) is 6.11. The number of carbonyl (C=O) groups is 1. The van der Waals surface area contributed by atoms with Crippen LogP contribution in [0.25, 0.3) is 22.6 Å². The molecule has 0 atom stereocenters. The average molecular weight is 451 g/mol. The third-order valence-electron chi connectivity index (χ3n) is 4.73. The predicted octanol–water partition coefficient (Wildman–Crippen LogP) is 6.10. The molecular formula is C21H18Cl3N3O2. The van der Waals surface area contributed by atoms with E-state index in [0.717, 1.165) is 31.5 Å². The highest BCUT2D eigenvalue weighted by Crippen LogP contribution is 2.37. The summed E-state index contributed by atoms with van der Waals surface area (Å²) in [7, 11) is 0. The van der Waals surface area contributed by atoms with E-state index in [1.54, 1.807) is 30.3 Å². The number of halogens is 3. The van der Waals surface area contributed by atoms with Crippen molar-refractivity contribution in [3.05, 3.63) is 63.4 Å². The van der Waals surface area contributed by atoms with E-state index in [9.17, 15) is 4.79 Å². The number of aromatic nitrogens is 1. The summed E-state index contributed by atoms with van der Waals surface area (Å²) in [6, 6.07) is 12.2. The molecule has 0 bridgehead atoms. The predicted molar refractivity (Wildman–Crippen MR) is 115 cm³/mol. The SMILES string of the molecule is O=C(NN1CCCCC1)c1nc(-c2ccc(Cl)cc2Cl)c(-c2ccc(Cl)cc2)o1. The Labute approximate surface area is 183 Å². The van der Waals surface area contributed by atoms with Crippen molar-refractivity contribution in [3.8, 4) is 22.6 Å². The van der Waals surface area contributed by atoms with E-state index >= 15 is 0 Å². The van der Waals surface area contributed by atoms with Gasteiger partial charge in [0.15, 0.2) is 5.76 Å². The standard InChI is InChI=1S/C21H18Cl3N3O2/c22-14-6-4-13(5-7-14)19-18(16-9-8-15(23)12-17(16)24)25-21(29-19)20(28)26-27-10-2-1-3-11-27/h4-9,12H,1-3,10-11H2,(H,26,28). The maximum absolute atomic E-state index is 12.8. The highest BCUT2D eigenvalue weighted by molar-refractivity contribution is 6.36. The second-order valence-corrected chi connectivity index (χ2v) is 8.10. The number of piperidine rings is 1. The van der Waals surface area contributed by atoms with E-state index in [2.05, 4.69) is 10.4 Å². The first kappa shape index (κ1) is 20.2. The van der Waals surface area contributed by atoms with Crippen LogP contribution >= 0.6 is 34.8 Å². The van der Waals surface area contributed by atoms with E-state index in [1.807, 2.05) is 17.1 Å². The van der Waals surface area contributed by atoms with Gasteiger partial charge < -0.3 is 4.42 Å². The van der Waals surface area contributed by atoms with Crippen LogP contribution in [0.5, 0.6) is 0 Å². The molecule has 1 amide bonds. The molecule has 4 rings (SSSR count). The van der Waals surface area contributed by atoms with E-state index in [1.165, 1.54) is 6.42 Å². The summed E-state index contributed by atoms with van der Waals surface area (Å²) in [6.07, 6.45) is 3.27. The van der Waals surface area contributed by atoms with Crippen molar-refractivity contribution in [2.45, 2.75) is 19.3 Å². The third-order valence-corrected chi connectivity index (χ3v) is 5.53. The summed E-state index contributed by atoms with van der Waals surface area (Å²) in [4.78, 5) is 17.2. The lowest BCUT2D eigenvalue weighted by molar-refractivity contribution is 0.0715. The zero-order valence-electron chi connectivity index (χ0n) is 15.4. The van der Waals surface area contributed by atoms with Gasteiger partial charge in [-0.1, -0.05) is 41.2 Å². The fourth-order valence-electron chi connectivity index (χ4n) is 3.28. The quantitative estimate of drug-likeness (QED) is 0.522. The fraction of sp³-hybridized carbons (Fsp3) is 0.238. The van der Waals surface area contributed by atoms with Gasteiger partial charge in [-0.15, -0.1) is 0 Å². The van der Waals surface area contributed by atoms with Gasteiger partial charge in [0.25, 0.3) is 5.89 Å². The first-order valence-corrected chi connectivity index (χ1v) is 10.4. The Morgan fingerprint density at radius 3 is 2.34 bits per heavy atom. The summed E-state index contributed by atoms with van der Waals surface area (Å²) in [5, 5.41) is 3.43. The van der Waals surface area contributed by atoms with Crippen LogP contribution < -0.4 is 5.43 Å². The van der Waals surface area contributed by atoms with Crippen molar-refractivity contribution in [1.82, 2.24) is 15.4 Å². The van der Waals surface area contributed by atoms with Gasteiger partial charge in [0.2, 0.25) is 0 Å². The van der Waals surface area contributed by atoms with Crippen molar-refractivity contribution in [1.29, 1.82) is 0 Å². The average Bonchev–Trinajstić information content (AvgIpc) is 3.14. The van der Waals surface area contributed by atoms with Crippen LogP contribution in [0.4, 0.5) is 0 Å². The van der Waals surface area contributed by atoms with Gasteiger partial charge >= 0.3 is 5.91 Å². The molecule has 2 aromatic carbocycles. The van der Waals surface area contributed by atoms with Gasteiger partial charge in [-0.25, -0.2) is 9.99 Å². The highest BCUT2D eigenvalue weighted by Gasteiger charge is 2.24. The molecule has 0 unspecified atom stereocenters. The van der Waals surface area contributed by atoms with Gasteiger partial charge in [-0.3, -0.25) is 10.2 Å². The molecule has 29 heavy (non-hydrogen) atoms. The lowest BCUT2D eigenvalue weighted by atomic mass is 10.1. The smallest absolute Gasteiger partial charge is 0.321 e. The fourth-order valence-corrected chi connectivity index (χ4v) is 3.90. The number of nitrogens with one attached hydrogen (secondary N) is 1. The minimum Gasteiger partial charge on any atom is -0.432 e. The molecule has 8 heteroatoms. The lowest BCUT2D eigenvalue weighted by Crippen LogP contribution is -2.45. The Hall–Kier alpha value is -2.05. The molecular weight excluding hydrogens is 433 g/mol. The number of carbonyl (C=O) groups excluding carboxylic acids is 1. The van der Waals surface area contributed by atoms with Crippen LogP contribution in [0, 0.1) is 0 Å². The van der Waals surface area contributed by atoms with Crippen LogP contribution in [-0.2, 0) is 0 Å². The first-order valence-electron chi connectivity index (χ1n) is 9.29. The van der Waals surface area contributed by atoms with Crippen molar-refractivity contribution in [2.75, 3.05) is 13.1 Å². The van der Waals surface area contributed by atoms with E-state index < -0.39 is 5.91 Å². The summed E-state index contributed by atoms with van der Waals surface area (Å²) in [5.41, 5.74) is 4.71. The monoisotopic (exact) mass is 449 g/mol. The van der Waals surface area contributed by atoms with Gasteiger partial charge in [-0.2, -0.15) is 0 Å². The largest absolute Gasteiger partial charge is 0.432 e. The number of hydrogen-bond acceptors (Lipinski definition) is 4. The van der Waals surface area contributed by atoms with Crippen molar-refractivity contribution in [2.24, 2.45) is 0 Å². The van der Waals surface area contributed by atoms with E-state index in [0.29, 0.717) is 32.1 Å². The summed E-state index contributed by atoms with van der Waals surface area (Å²) < 4.78 is 5.90. The third kappa shape index (κ3) is 4.59. The number of oxazole rings is 1. The second kappa shape index (κ2) is 8.76. The number of hydrazine groups is 1. The Morgan fingerprint density at radius 2 is 1.66 bits per heavy atom. The Morgan fingerprint density at radius 1 is 0.966 bits per heavy atom. The Bertz CT molecular complexity index is 1030. The molecule has 1 aliphatic heterocycles. The summed E-state index contributed by atoms with van der Waals surface area (Å²) in [6.45, 7) is 1.62. The molecule has 0 aliphatic carbocycles. The van der Waals surface area contributed by atoms with Crippen molar-refractivity contribution < 1.29 is 9.21 Å². The lowest BCUT2D eigenvalue weighted by Gasteiger charge is -2.25. The summed E-state index contributed by atoms with van der Waals surface area (Å²) in [5.74, 6) is 0.0228. The molecule has 1 saturated heterocycles. The molecule has 5 nitrogen and oxygen atoms in total. The van der Waals surface area contributed by atoms with Crippen LogP contribution in [0.2, 0.25) is 15.1 Å². The highest BCUT2D eigenvalue weighted by atomic mass is 35.5. The molecule has 2 heterocycles. The minimum absolute atomic E-state index is 0.0264. The van der Waals surface area contributed by atoms with Crippen molar-refractivity contribution >= 4 is 40.7 Å². The van der Waals surface area contributed by atoms with Gasteiger partial charge in [-0.05, 0) is 55.3 Å². The van der Waals surface area contributed by atoms with Crippen LogP contribution in [0.3, 0.4) is 0 Å². The number of nitrogens with zero attached hydrogens (tertiary/aromatic N) is 2. The topological polar surface area (TPSA) is 58.4 Å². The molecule has 150 valence electrons. The number of rotatable bonds is 4. The van der Waals surface area contributed by atoms with Crippen molar-refractivity contribution in [3.63, 3.8) is 0 Å². The van der Waals surface area contributed by atoms with E-state index in [4.69, 9.17) is 39.2 Å². The first-order chi connectivity index (χ1) is 14.0. The molecule has 0 saturated carbocycles. The van der Waals surface area contributed by atoms with Gasteiger partial charge in [0.1, 0.15) is 5.69 Å². The molecule has 0 spiro atoms. The maximum atomic E-state index is 12.8. The normalized spacial score (nSPS) is 14.7. The number of hydrogen-bond donors (Lipinski definition) is 1. The number of benzene rings is 2. The molecule has 1 N–H and O–H groups in total. The minimum atomic E-state index is -0.390. The molecule has 3 aromatic rings. The zero-order valence-corrected chi connectivity index (χ0v) is 17.7. The molecule has 1 fully saturated rings.